The van der Waals surface area contributed by atoms with Crippen LogP contribution < -0.4 is 5.56 Å². The van der Waals surface area contributed by atoms with Crippen LogP contribution >= 0.6 is 12.2 Å². The number of aryl methyl sites for hydroxylation is 1. The molecular formula is C14H16N2O3S2. The van der Waals surface area contributed by atoms with Crippen molar-refractivity contribution in [1.82, 2.24) is 8.54 Å². The van der Waals surface area contributed by atoms with Gasteiger partial charge in [-0.3, -0.25) is 9.36 Å². The van der Waals surface area contributed by atoms with E-state index in [1.54, 1.807) is 39.0 Å². The maximum Gasteiger partial charge on any atom is 0.270 e. The molecule has 0 aliphatic heterocycles. The molecule has 0 amide bonds. The molecule has 1 heterocycles. The first kappa shape index (κ1) is 15.7. The van der Waals surface area contributed by atoms with Crippen molar-refractivity contribution < 1.29 is 8.42 Å². The molecule has 0 N–H and O–H groups in total. The van der Waals surface area contributed by atoms with Crippen LogP contribution in [-0.2, 0) is 10.0 Å². The third-order valence-corrected chi connectivity index (χ3v) is 5.37. The Morgan fingerprint density at radius 2 is 1.71 bits per heavy atom. The van der Waals surface area contributed by atoms with E-state index in [1.807, 2.05) is 0 Å². The van der Waals surface area contributed by atoms with Crippen LogP contribution in [-0.4, -0.2) is 17.0 Å². The predicted octanol–water partition coefficient (Wildman–Crippen LogP) is 2.51. The van der Waals surface area contributed by atoms with E-state index in [0.29, 0.717) is 5.69 Å². The van der Waals surface area contributed by atoms with Gasteiger partial charge in [0.1, 0.15) is 0 Å². The van der Waals surface area contributed by atoms with Crippen molar-refractivity contribution in [2.75, 3.05) is 0 Å². The zero-order valence-corrected chi connectivity index (χ0v) is 13.6. The van der Waals surface area contributed by atoms with E-state index in [-0.39, 0.29) is 21.3 Å². The highest BCUT2D eigenvalue weighted by atomic mass is 32.2. The summed E-state index contributed by atoms with van der Waals surface area (Å²) in [6.07, 6.45) is 0. The van der Waals surface area contributed by atoms with Gasteiger partial charge in [0.2, 0.25) is 0 Å². The average molecular weight is 324 g/mol. The molecule has 0 bridgehead atoms. The van der Waals surface area contributed by atoms with Crippen molar-refractivity contribution >= 4 is 22.2 Å². The summed E-state index contributed by atoms with van der Waals surface area (Å²) >= 11 is 5.24. The lowest BCUT2D eigenvalue weighted by molar-refractivity contribution is 0.538. The summed E-state index contributed by atoms with van der Waals surface area (Å²) in [5.41, 5.74) is -0.00207. The highest BCUT2D eigenvalue weighted by molar-refractivity contribution is 7.90. The SMILES string of the molecule is Cc1cc(=O)n(C(C)C)c(=S)n1S(=O)(=O)c1ccccc1. The van der Waals surface area contributed by atoms with Crippen LogP contribution in [0, 0.1) is 11.7 Å². The molecule has 2 rings (SSSR count). The number of nitrogens with zero attached hydrogens (tertiary/aromatic N) is 2. The topological polar surface area (TPSA) is 61.1 Å². The van der Waals surface area contributed by atoms with Crippen molar-refractivity contribution in [2.45, 2.75) is 31.7 Å². The van der Waals surface area contributed by atoms with Gasteiger partial charge in [0.15, 0.2) is 4.77 Å². The number of aromatic nitrogens is 2. The predicted molar refractivity (Wildman–Crippen MR) is 83.7 cm³/mol. The quantitative estimate of drug-likeness (QED) is 0.814. The number of rotatable bonds is 3. The zero-order chi connectivity index (χ0) is 15.8. The minimum absolute atomic E-state index is 0.0150. The van der Waals surface area contributed by atoms with E-state index < -0.39 is 10.0 Å². The summed E-state index contributed by atoms with van der Waals surface area (Å²) in [6.45, 7) is 5.13. The Morgan fingerprint density at radius 3 is 2.24 bits per heavy atom. The fourth-order valence-electron chi connectivity index (χ4n) is 2.12. The highest BCUT2D eigenvalue weighted by Gasteiger charge is 2.21. The van der Waals surface area contributed by atoms with E-state index in [1.165, 1.54) is 22.8 Å². The molecule has 0 atom stereocenters. The molecule has 1 aromatic heterocycles. The lowest BCUT2D eigenvalue weighted by atomic mass is 10.3. The minimum atomic E-state index is -3.82. The molecule has 0 saturated heterocycles. The van der Waals surface area contributed by atoms with Crippen LogP contribution in [0.25, 0.3) is 0 Å². The van der Waals surface area contributed by atoms with Gasteiger partial charge in [-0.1, -0.05) is 18.2 Å². The van der Waals surface area contributed by atoms with E-state index >= 15 is 0 Å². The highest BCUT2D eigenvalue weighted by Crippen LogP contribution is 2.16. The van der Waals surface area contributed by atoms with Crippen LogP contribution in [0.4, 0.5) is 0 Å². The van der Waals surface area contributed by atoms with Crippen LogP contribution in [0.15, 0.2) is 46.1 Å². The van der Waals surface area contributed by atoms with Gasteiger partial charge >= 0.3 is 0 Å². The summed E-state index contributed by atoms with van der Waals surface area (Å²) in [7, 11) is -3.82. The van der Waals surface area contributed by atoms with Crippen LogP contribution in [0.1, 0.15) is 25.6 Å². The van der Waals surface area contributed by atoms with Crippen molar-refractivity contribution in [1.29, 1.82) is 0 Å². The van der Waals surface area contributed by atoms with Crippen LogP contribution in [0.3, 0.4) is 0 Å². The molecule has 0 spiro atoms. The Balaban J connectivity index is 2.86. The first-order chi connectivity index (χ1) is 9.76. The normalized spacial score (nSPS) is 11.8. The second-order valence-electron chi connectivity index (χ2n) is 4.95. The largest absolute Gasteiger partial charge is 0.282 e. The number of hydrogen-bond acceptors (Lipinski definition) is 4. The van der Waals surface area contributed by atoms with Gasteiger partial charge in [0, 0.05) is 17.8 Å². The van der Waals surface area contributed by atoms with Crippen LogP contribution in [0.5, 0.6) is 0 Å². The summed E-state index contributed by atoms with van der Waals surface area (Å²) < 4.78 is 27.8. The standard InChI is InChI=1S/C14H16N2O3S2/c1-10(2)15-13(17)9-11(3)16(14(15)20)21(18,19)12-7-5-4-6-8-12/h4-10H,1-3H3. The monoisotopic (exact) mass is 324 g/mol. The van der Waals surface area contributed by atoms with Crippen LogP contribution in [0.2, 0.25) is 0 Å². The molecule has 21 heavy (non-hydrogen) atoms. The number of benzene rings is 1. The molecule has 0 aliphatic carbocycles. The third kappa shape index (κ3) is 2.71. The molecule has 7 heteroatoms. The Kier molecular flexibility index (Phi) is 4.15. The van der Waals surface area contributed by atoms with E-state index in [9.17, 15) is 13.2 Å². The molecular weight excluding hydrogens is 308 g/mol. The lowest BCUT2D eigenvalue weighted by Crippen LogP contribution is -2.30. The summed E-state index contributed by atoms with van der Waals surface area (Å²) in [4.78, 5) is 12.1. The summed E-state index contributed by atoms with van der Waals surface area (Å²) in [5, 5.41) is 0. The smallest absolute Gasteiger partial charge is 0.270 e. The summed E-state index contributed by atoms with van der Waals surface area (Å²) in [5.74, 6) is 0. The zero-order valence-electron chi connectivity index (χ0n) is 12.0. The molecule has 0 radical (unpaired) electrons. The molecule has 5 nitrogen and oxygen atoms in total. The second-order valence-corrected chi connectivity index (χ2v) is 7.10. The average Bonchev–Trinajstić information content (AvgIpc) is 2.38. The van der Waals surface area contributed by atoms with Gasteiger partial charge in [-0.2, -0.15) is 0 Å². The van der Waals surface area contributed by atoms with Gasteiger partial charge in [0.05, 0.1) is 4.90 Å². The van der Waals surface area contributed by atoms with Gasteiger partial charge in [0.25, 0.3) is 15.6 Å². The molecule has 1 aromatic carbocycles. The molecule has 0 unspecified atom stereocenters. The fraction of sp³-hybridized carbons (Fsp3) is 0.286. The van der Waals surface area contributed by atoms with E-state index in [4.69, 9.17) is 12.2 Å². The summed E-state index contributed by atoms with van der Waals surface area (Å²) in [6, 6.07) is 9.09. The lowest BCUT2D eigenvalue weighted by Gasteiger charge is -2.17. The molecule has 0 aliphatic rings. The Morgan fingerprint density at radius 1 is 1.14 bits per heavy atom. The van der Waals surface area contributed by atoms with E-state index in [2.05, 4.69) is 0 Å². The van der Waals surface area contributed by atoms with Gasteiger partial charge in [-0.15, -0.1) is 0 Å². The van der Waals surface area contributed by atoms with Gasteiger partial charge < -0.3 is 0 Å². The molecule has 2 aromatic rings. The molecule has 112 valence electrons. The number of hydrogen-bond donors (Lipinski definition) is 0. The van der Waals surface area contributed by atoms with Gasteiger partial charge in [-0.05, 0) is 45.1 Å². The third-order valence-electron chi connectivity index (χ3n) is 3.07. The van der Waals surface area contributed by atoms with Crippen molar-refractivity contribution in [3.8, 4) is 0 Å². The van der Waals surface area contributed by atoms with Crippen molar-refractivity contribution in [3.05, 3.63) is 57.2 Å². The van der Waals surface area contributed by atoms with Gasteiger partial charge in [-0.25, -0.2) is 12.4 Å². The first-order valence-corrected chi connectivity index (χ1v) is 8.27. The Hall–Kier alpha value is -1.73. The second kappa shape index (κ2) is 5.57. The molecule has 0 saturated carbocycles. The fourth-order valence-corrected chi connectivity index (χ4v) is 4.29. The van der Waals surface area contributed by atoms with Crippen molar-refractivity contribution in [3.63, 3.8) is 0 Å². The Labute approximate surface area is 128 Å². The van der Waals surface area contributed by atoms with Crippen molar-refractivity contribution in [2.24, 2.45) is 0 Å². The Bertz CT molecular complexity index is 879. The maximum absolute atomic E-state index is 12.7. The first-order valence-electron chi connectivity index (χ1n) is 6.42. The molecule has 0 fully saturated rings. The maximum atomic E-state index is 12.7. The van der Waals surface area contributed by atoms with E-state index in [0.717, 1.165) is 3.97 Å². The minimum Gasteiger partial charge on any atom is -0.282 e.